The topological polar surface area (TPSA) is 81.4 Å². The number of nitrogens with one attached hydrogen (secondary N) is 1. The van der Waals surface area contributed by atoms with Crippen LogP contribution >= 0.6 is 0 Å². The van der Waals surface area contributed by atoms with Crippen LogP contribution in [-0.2, 0) is 14.3 Å². The van der Waals surface area contributed by atoms with Crippen LogP contribution in [0.1, 0.15) is 132 Å². The minimum atomic E-state index is -0.296. The summed E-state index contributed by atoms with van der Waals surface area (Å²) in [7, 11) is 0. The number of rotatable bonds is 7. The van der Waals surface area contributed by atoms with Gasteiger partial charge in [0.2, 0.25) is 5.91 Å². The molecular weight excluding hydrogens is 544 g/mol. The zero-order chi connectivity index (χ0) is 32.3. The van der Waals surface area contributed by atoms with Gasteiger partial charge in [-0.2, -0.15) is 0 Å². The van der Waals surface area contributed by atoms with Gasteiger partial charge in [-0.15, -0.1) is 12.3 Å². The summed E-state index contributed by atoms with van der Waals surface area (Å²) in [6.45, 7) is 20.2. The Kier molecular flexibility index (Phi) is 8.75. The number of amides is 1. The standard InChI is InChI=1S/C39H62N2O3/c1-10-13-27-24-36(7)30(35(5,6)32(27)44-26(2)42)16-17-38(9)31(36)15-14-28-29-25-34(3,4)18-20-39(29,21-19-37(28,38)8)33(43)41-23-12-11-22-40/h1,14,27,29-32H,11-13,15-25,40H2,2-9H3,(H,41,43)/t27-,29-,30+,31-,32+,36+,37-,38-,39+/m1/s1. The molecule has 44 heavy (non-hydrogen) atoms. The summed E-state index contributed by atoms with van der Waals surface area (Å²) in [6.07, 6.45) is 20.6. The predicted octanol–water partition coefficient (Wildman–Crippen LogP) is 7.82. The van der Waals surface area contributed by atoms with Gasteiger partial charge >= 0.3 is 5.97 Å². The monoisotopic (exact) mass is 606 g/mol. The van der Waals surface area contributed by atoms with Crippen molar-refractivity contribution in [3.8, 4) is 12.3 Å². The molecule has 0 bridgehead atoms. The maximum absolute atomic E-state index is 14.2. The molecule has 5 aliphatic rings. The van der Waals surface area contributed by atoms with Crippen molar-refractivity contribution >= 4 is 11.9 Å². The fourth-order valence-corrected chi connectivity index (χ4v) is 12.4. The molecule has 5 rings (SSSR count). The number of esters is 1. The van der Waals surface area contributed by atoms with E-state index in [1.165, 1.54) is 6.42 Å². The number of unbranched alkanes of at least 4 members (excludes halogenated alkanes) is 1. The van der Waals surface area contributed by atoms with Crippen LogP contribution in [0.4, 0.5) is 0 Å². The summed E-state index contributed by atoms with van der Waals surface area (Å²) in [6, 6.07) is 0. The highest BCUT2D eigenvalue weighted by Crippen LogP contribution is 2.76. The van der Waals surface area contributed by atoms with Crippen molar-refractivity contribution in [2.45, 2.75) is 139 Å². The zero-order valence-corrected chi connectivity index (χ0v) is 29.2. The van der Waals surface area contributed by atoms with E-state index in [0.717, 1.165) is 70.8 Å². The van der Waals surface area contributed by atoms with Crippen molar-refractivity contribution in [3.05, 3.63) is 11.6 Å². The lowest BCUT2D eigenvalue weighted by molar-refractivity contribution is -0.226. The van der Waals surface area contributed by atoms with Gasteiger partial charge < -0.3 is 15.8 Å². The quantitative estimate of drug-likeness (QED) is 0.134. The lowest BCUT2D eigenvalue weighted by Gasteiger charge is -2.72. The summed E-state index contributed by atoms with van der Waals surface area (Å²) in [5.74, 6) is 4.50. The van der Waals surface area contributed by atoms with Crippen molar-refractivity contribution in [2.75, 3.05) is 13.1 Å². The number of carbonyl (C=O) groups excluding carboxylic acids is 2. The van der Waals surface area contributed by atoms with Gasteiger partial charge in [0.25, 0.3) is 0 Å². The zero-order valence-electron chi connectivity index (χ0n) is 29.2. The van der Waals surface area contributed by atoms with Crippen molar-refractivity contribution in [3.63, 3.8) is 0 Å². The van der Waals surface area contributed by atoms with Crippen molar-refractivity contribution < 1.29 is 14.3 Å². The lowest BCUT2D eigenvalue weighted by atomic mass is 9.33. The van der Waals surface area contributed by atoms with Crippen molar-refractivity contribution in [2.24, 2.45) is 61.9 Å². The first-order valence-corrected chi connectivity index (χ1v) is 17.8. The summed E-state index contributed by atoms with van der Waals surface area (Å²) < 4.78 is 6.10. The minimum Gasteiger partial charge on any atom is -0.462 e. The van der Waals surface area contributed by atoms with Gasteiger partial charge in [-0.05, 0) is 117 Å². The normalized spacial score (nSPS) is 43.5. The van der Waals surface area contributed by atoms with E-state index < -0.39 is 0 Å². The van der Waals surface area contributed by atoms with Gasteiger partial charge in [0, 0.05) is 31.2 Å². The van der Waals surface area contributed by atoms with Crippen LogP contribution in [-0.4, -0.2) is 31.1 Å². The van der Waals surface area contributed by atoms with Crippen LogP contribution in [0.3, 0.4) is 0 Å². The van der Waals surface area contributed by atoms with Crippen LogP contribution in [0.15, 0.2) is 11.6 Å². The molecule has 0 saturated heterocycles. The SMILES string of the molecule is C#CC[C@@H]1C[C@]2(C)[C@H]3CC=C4[C@H]5CC(C)(C)CC[C@]5(C(=O)NCCCCN)CC[C@@]4(C)[C@]3(C)CC[C@H]2C(C)(C)[C@H]1OC(C)=O. The molecule has 9 atom stereocenters. The Bertz CT molecular complexity index is 1210. The third-order valence-electron chi connectivity index (χ3n) is 14.7. The van der Waals surface area contributed by atoms with Crippen LogP contribution in [0.2, 0.25) is 0 Å². The highest BCUT2D eigenvalue weighted by Gasteiger charge is 2.70. The molecular formula is C39H62N2O3. The van der Waals surface area contributed by atoms with Gasteiger partial charge in [0.1, 0.15) is 6.10 Å². The summed E-state index contributed by atoms with van der Waals surface area (Å²) in [5.41, 5.74) is 7.42. The molecule has 0 spiro atoms. The Labute approximate surface area is 268 Å². The van der Waals surface area contributed by atoms with E-state index in [1.54, 1.807) is 12.5 Å². The highest BCUT2D eigenvalue weighted by molar-refractivity contribution is 5.84. The molecule has 0 radical (unpaired) electrons. The predicted molar refractivity (Wildman–Crippen MR) is 178 cm³/mol. The first-order valence-electron chi connectivity index (χ1n) is 17.8. The molecule has 5 aliphatic carbocycles. The second-order valence-electron chi connectivity index (χ2n) is 17.8. The first-order chi connectivity index (χ1) is 20.5. The summed E-state index contributed by atoms with van der Waals surface area (Å²) in [4.78, 5) is 26.4. The molecule has 0 aromatic rings. The first kappa shape index (κ1) is 33.6. The summed E-state index contributed by atoms with van der Waals surface area (Å²) >= 11 is 0. The molecule has 4 fully saturated rings. The largest absolute Gasteiger partial charge is 0.462 e. The van der Waals surface area contributed by atoms with Gasteiger partial charge in [-0.1, -0.05) is 60.1 Å². The van der Waals surface area contributed by atoms with E-state index in [9.17, 15) is 9.59 Å². The minimum absolute atomic E-state index is 0.0593. The Balaban J connectivity index is 1.53. The number of carbonyl (C=O) groups is 2. The summed E-state index contributed by atoms with van der Waals surface area (Å²) in [5, 5.41) is 3.39. The fraction of sp³-hybridized carbons (Fsp3) is 0.846. The molecule has 5 nitrogen and oxygen atoms in total. The van der Waals surface area contributed by atoms with E-state index in [0.29, 0.717) is 36.6 Å². The van der Waals surface area contributed by atoms with E-state index in [-0.39, 0.29) is 50.5 Å². The maximum atomic E-state index is 14.2. The molecule has 246 valence electrons. The van der Waals surface area contributed by atoms with E-state index in [1.807, 2.05) is 0 Å². The smallest absolute Gasteiger partial charge is 0.302 e. The van der Waals surface area contributed by atoms with Crippen molar-refractivity contribution in [1.82, 2.24) is 5.32 Å². The Morgan fingerprint density at radius 2 is 1.70 bits per heavy atom. The number of ether oxygens (including phenoxy) is 1. The molecule has 0 unspecified atom stereocenters. The fourth-order valence-electron chi connectivity index (χ4n) is 12.4. The molecule has 5 heteroatoms. The number of hydrogen-bond donors (Lipinski definition) is 2. The van der Waals surface area contributed by atoms with Crippen LogP contribution in [0.5, 0.6) is 0 Å². The maximum Gasteiger partial charge on any atom is 0.302 e. The molecule has 0 aromatic carbocycles. The van der Waals surface area contributed by atoms with Gasteiger partial charge in [-0.3, -0.25) is 9.59 Å². The third kappa shape index (κ3) is 5.00. The molecule has 1 amide bonds. The molecule has 4 saturated carbocycles. The molecule has 3 N–H and O–H groups in total. The molecule has 0 heterocycles. The molecule has 0 aliphatic heterocycles. The van der Waals surface area contributed by atoms with Gasteiger partial charge in [0.05, 0.1) is 5.41 Å². The lowest BCUT2D eigenvalue weighted by Crippen LogP contribution is -2.66. The van der Waals surface area contributed by atoms with Gasteiger partial charge in [-0.25, -0.2) is 0 Å². The Morgan fingerprint density at radius 3 is 2.36 bits per heavy atom. The number of hydrogen-bond acceptors (Lipinski definition) is 4. The van der Waals surface area contributed by atoms with Crippen LogP contribution in [0, 0.1) is 68.5 Å². The second kappa shape index (κ2) is 11.5. The van der Waals surface area contributed by atoms with Crippen LogP contribution in [0.25, 0.3) is 0 Å². The number of allylic oxidation sites excluding steroid dienone is 2. The average molecular weight is 607 g/mol. The van der Waals surface area contributed by atoms with Crippen LogP contribution < -0.4 is 11.1 Å². The number of nitrogens with two attached hydrogens (primary N) is 1. The second-order valence-corrected chi connectivity index (χ2v) is 17.8. The van der Waals surface area contributed by atoms with Gasteiger partial charge in [0.15, 0.2) is 0 Å². The Hall–Kier alpha value is -1.80. The Morgan fingerprint density at radius 1 is 1.00 bits per heavy atom. The van der Waals surface area contributed by atoms with E-state index >= 15 is 0 Å². The average Bonchev–Trinajstić information content (AvgIpc) is 2.93. The van der Waals surface area contributed by atoms with E-state index in [4.69, 9.17) is 16.9 Å². The molecule has 0 aromatic heterocycles. The van der Waals surface area contributed by atoms with E-state index in [2.05, 4.69) is 65.8 Å². The number of terminal acetylenes is 1. The third-order valence-corrected chi connectivity index (χ3v) is 14.7. The number of fused-ring (bicyclic) bond motifs is 7. The van der Waals surface area contributed by atoms with Crippen molar-refractivity contribution in [1.29, 1.82) is 0 Å². The highest BCUT2D eigenvalue weighted by atomic mass is 16.5.